The maximum atomic E-state index is 11.9. The van der Waals surface area contributed by atoms with E-state index in [4.69, 9.17) is 19.7 Å². The second kappa shape index (κ2) is 14.3. The van der Waals surface area contributed by atoms with Gasteiger partial charge in [-0.1, -0.05) is 73.8 Å². The number of hydrogen-bond acceptors (Lipinski definition) is 6. The summed E-state index contributed by atoms with van der Waals surface area (Å²) in [6.45, 7) is 8.14. The third kappa shape index (κ3) is 8.39. The average Bonchev–Trinajstić information content (AvgIpc) is 2.88. The molecular weight excluding hydrogens is 432 g/mol. The van der Waals surface area contributed by atoms with Crippen LogP contribution >= 0.6 is 0 Å². The van der Waals surface area contributed by atoms with Gasteiger partial charge in [0.1, 0.15) is 6.61 Å². The van der Waals surface area contributed by atoms with Crippen molar-refractivity contribution < 1.29 is 29.6 Å². The minimum absolute atomic E-state index is 0.0271. The highest BCUT2D eigenvalue weighted by Gasteiger charge is 2.19. The van der Waals surface area contributed by atoms with Gasteiger partial charge in [0.25, 0.3) is 0 Å². The lowest BCUT2D eigenvalue weighted by atomic mass is 9.96. The monoisotopic (exact) mass is 466 g/mol. The minimum Gasteiger partial charge on any atom is -0.462 e. The fourth-order valence-corrected chi connectivity index (χ4v) is 3.21. The molecule has 0 saturated carbocycles. The van der Waals surface area contributed by atoms with Crippen LogP contribution < -0.4 is 0 Å². The summed E-state index contributed by atoms with van der Waals surface area (Å²) < 4.78 is 10.7. The molecule has 0 amide bonds. The average molecular weight is 467 g/mol. The van der Waals surface area contributed by atoms with Crippen LogP contribution in [0.2, 0.25) is 0 Å². The van der Waals surface area contributed by atoms with Crippen molar-refractivity contribution in [3.8, 4) is 11.1 Å². The van der Waals surface area contributed by atoms with Crippen LogP contribution in [0.15, 0.2) is 85.0 Å². The van der Waals surface area contributed by atoms with Gasteiger partial charge < -0.3 is 24.8 Å². The van der Waals surface area contributed by atoms with Crippen LogP contribution in [0.3, 0.4) is 0 Å². The Bertz CT molecular complexity index is 959. The molecule has 0 aliphatic carbocycles. The van der Waals surface area contributed by atoms with E-state index < -0.39 is 25.5 Å². The number of ether oxygens (including phenoxy) is 2. The molecule has 2 atom stereocenters. The number of hydrogen-bond donors (Lipinski definition) is 3. The summed E-state index contributed by atoms with van der Waals surface area (Å²) in [6, 6.07) is 16.3. The summed E-state index contributed by atoms with van der Waals surface area (Å²) in [4.78, 5) is 11.9. The van der Waals surface area contributed by atoms with Crippen molar-refractivity contribution in [3.63, 3.8) is 0 Å². The van der Waals surface area contributed by atoms with Gasteiger partial charge in [-0.25, -0.2) is 4.79 Å². The van der Waals surface area contributed by atoms with Crippen molar-refractivity contribution in [2.75, 3.05) is 26.4 Å². The summed E-state index contributed by atoms with van der Waals surface area (Å²) in [5.74, 6) is -1.08. The molecule has 0 fully saturated rings. The normalized spacial score (nSPS) is 12.9. The zero-order valence-electron chi connectivity index (χ0n) is 19.7. The zero-order valence-corrected chi connectivity index (χ0v) is 19.7. The number of esters is 1. The van der Waals surface area contributed by atoms with Crippen molar-refractivity contribution in [1.82, 2.24) is 0 Å². The van der Waals surface area contributed by atoms with Gasteiger partial charge in [-0.2, -0.15) is 0 Å². The Balaban J connectivity index is 2.12. The first-order chi connectivity index (χ1) is 16.4. The predicted octanol–water partition coefficient (Wildman–Crippen LogP) is 3.92. The Morgan fingerprint density at radius 2 is 1.59 bits per heavy atom. The molecule has 0 aromatic heterocycles. The van der Waals surface area contributed by atoms with E-state index in [9.17, 15) is 9.90 Å². The van der Waals surface area contributed by atoms with E-state index in [2.05, 4.69) is 49.6 Å². The number of aliphatic hydroxyl groups excluding tert-OH is 3. The van der Waals surface area contributed by atoms with Gasteiger partial charge in [-0.05, 0) is 42.0 Å². The highest BCUT2D eigenvalue weighted by molar-refractivity contribution is 5.87. The third-order valence-electron chi connectivity index (χ3n) is 5.41. The second-order valence-corrected chi connectivity index (χ2v) is 7.99. The van der Waals surface area contributed by atoms with E-state index in [0.717, 1.165) is 29.5 Å². The molecular formula is C28H34O6. The van der Waals surface area contributed by atoms with Crippen LogP contribution in [0.25, 0.3) is 11.1 Å². The fourth-order valence-electron chi connectivity index (χ4n) is 3.21. The van der Waals surface area contributed by atoms with Crippen LogP contribution in [0.5, 0.6) is 0 Å². The molecule has 0 spiro atoms. The number of allylic oxidation sites excluding steroid dienone is 2. The standard InChI is InChI=1S/C28H34O6/c1-4-5-6-7-22-8-10-23(11-9-22)24-12-14-25(15-13-24)26(18-33-27(31)20(2)16-29)19-34-28(32)21(3)17-30/h4-5,8-15,26-27,29-31H,2-3,6-7,16-19H2,1H3/b5-4+. The first-order valence-corrected chi connectivity index (χ1v) is 11.2. The molecule has 0 saturated heterocycles. The van der Waals surface area contributed by atoms with Crippen LogP contribution in [-0.2, 0) is 20.7 Å². The molecule has 34 heavy (non-hydrogen) atoms. The van der Waals surface area contributed by atoms with Gasteiger partial charge in [0.15, 0.2) is 6.29 Å². The highest BCUT2D eigenvalue weighted by atomic mass is 16.6. The number of rotatable bonds is 14. The van der Waals surface area contributed by atoms with Crippen molar-refractivity contribution >= 4 is 5.97 Å². The highest BCUT2D eigenvalue weighted by Crippen LogP contribution is 2.25. The Kier molecular flexibility index (Phi) is 11.4. The van der Waals surface area contributed by atoms with Gasteiger partial charge in [0.2, 0.25) is 0 Å². The van der Waals surface area contributed by atoms with E-state index in [0.29, 0.717) is 0 Å². The molecule has 0 aliphatic heterocycles. The van der Waals surface area contributed by atoms with Gasteiger partial charge in [-0.3, -0.25) is 0 Å². The molecule has 0 bridgehead atoms. The van der Waals surface area contributed by atoms with Gasteiger partial charge in [0, 0.05) is 11.5 Å². The first kappa shape index (κ1) is 27.2. The quantitative estimate of drug-likeness (QED) is 0.169. The van der Waals surface area contributed by atoms with Crippen LogP contribution in [0.1, 0.15) is 30.4 Å². The zero-order chi connectivity index (χ0) is 24.9. The maximum Gasteiger partial charge on any atom is 0.335 e. The number of benzene rings is 2. The summed E-state index contributed by atoms with van der Waals surface area (Å²) in [7, 11) is 0. The second-order valence-electron chi connectivity index (χ2n) is 7.99. The largest absolute Gasteiger partial charge is 0.462 e. The predicted molar refractivity (Wildman–Crippen MR) is 133 cm³/mol. The number of carbonyl (C=O) groups excluding carboxylic acids is 1. The Morgan fingerprint density at radius 1 is 0.971 bits per heavy atom. The van der Waals surface area contributed by atoms with Crippen LogP contribution in [-0.4, -0.2) is 54.0 Å². The number of aliphatic hydroxyl groups is 3. The summed E-state index contributed by atoms with van der Waals surface area (Å²) >= 11 is 0. The fraction of sp³-hybridized carbons (Fsp3) is 0.321. The van der Waals surface area contributed by atoms with Crippen LogP contribution in [0.4, 0.5) is 0 Å². The maximum absolute atomic E-state index is 11.9. The smallest absolute Gasteiger partial charge is 0.335 e. The molecule has 3 N–H and O–H groups in total. The topological polar surface area (TPSA) is 96.2 Å². The lowest BCUT2D eigenvalue weighted by molar-refractivity contribution is -0.141. The first-order valence-electron chi connectivity index (χ1n) is 11.2. The van der Waals surface area contributed by atoms with Gasteiger partial charge in [-0.15, -0.1) is 0 Å². The SMILES string of the molecule is C=C(CO)C(=O)OCC(COC(O)C(=C)CO)c1ccc(-c2ccc(CC/C=C/C)cc2)cc1. The van der Waals surface area contributed by atoms with Crippen molar-refractivity contribution in [2.45, 2.75) is 32.0 Å². The minimum atomic E-state index is -1.33. The van der Waals surface area contributed by atoms with Gasteiger partial charge >= 0.3 is 5.97 Å². The Labute approximate surface area is 201 Å². The van der Waals surface area contributed by atoms with Crippen molar-refractivity contribution in [2.24, 2.45) is 0 Å². The van der Waals surface area contributed by atoms with Crippen molar-refractivity contribution in [3.05, 3.63) is 96.1 Å². The number of aryl methyl sites for hydroxylation is 1. The summed E-state index contributed by atoms with van der Waals surface area (Å²) in [5.41, 5.74) is 4.35. The van der Waals surface area contributed by atoms with E-state index in [1.54, 1.807) is 0 Å². The molecule has 6 heteroatoms. The van der Waals surface area contributed by atoms with Gasteiger partial charge in [0.05, 0.1) is 25.4 Å². The van der Waals surface area contributed by atoms with E-state index >= 15 is 0 Å². The lowest BCUT2D eigenvalue weighted by Crippen LogP contribution is -2.24. The van der Waals surface area contributed by atoms with E-state index in [-0.39, 0.29) is 30.3 Å². The molecule has 182 valence electrons. The third-order valence-corrected chi connectivity index (χ3v) is 5.41. The van der Waals surface area contributed by atoms with E-state index in [1.165, 1.54) is 5.56 Å². The molecule has 2 rings (SSSR count). The van der Waals surface area contributed by atoms with Crippen LogP contribution in [0, 0.1) is 0 Å². The molecule has 0 aliphatic rings. The molecule has 6 nitrogen and oxygen atoms in total. The molecule has 2 aromatic carbocycles. The lowest BCUT2D eigenvalue weighted by Gasteiger charge is -2.21. The van der Waals surface area contributed by atoms with Crippen molar-refractivity contribution in [1.29, 1.82) is 0 Å². The summed E-state index contributed by atoms with van der Waals surface area (Å²) in [5, 5.41) is 28.1. The molecule has 0 heterocycles. The Morgan fingerprint density at radius 3 is 2.15 bits per heavy atom. The summed E-state index contributed by atoms with van der Waals surface area (Å²) in [6.07, 6.45) is 4.90. The Hall–Kier alpha value is -3.03. The molecule has 2 unspecified atom stereocenters. The van der Waals surface area contributed by atoms with E-state index in [1.807, 2.05) is 31.2 Å². The molecule has 2 aromatic rings. The number of carbonyl (C=O) groups is 1. The molecule has 0 radical (unpaired) electrons.